The van der Waals surface area contributed by atoms with E-state index in [1.54, 1.807) is 18.5 Å². The Morgan fingerprint density at radius 2 is 1.61 bits per heavy atom. The molecule has 1 atom stereocenters. The Labute approximate surface area is 307 Å². The van der Waals surface area contributed by atoms with Crippen molar-refractivity contribution in [1.82, 2.24) is 19.5 Å². The van der Waals surface area contributed by atoms with E-state index in [2.05, 4.69) is 58.4 Å². The third-order valence-electron chi connectivity index (χ3n) is 9.57. The number of fused-ring (bicyclic) bond motifs is 1. The Kier molecular flexibility index (Phi) is 17.4. The summed E-state index contributed by atoms with van der Waals surface area (Å²) in [5.74, 6) is 3.55. The average Bonchev–Trinajstić information content (AvgIpc) is 3.68. The summed E-state index contributed by atoms with van der Waals surface area (Å²) in [4.78, 5) is 14.0. The van der Waals surface area contributed by atoms with Gasteiger partial charge in [-0.2, -0.15) is 0 Å². The molecule has 2 saturated carbocycles. The highest BCUT2D eigenvalue weighted by molar-refractivity contribution is 6.33. The van der Waals surface area contributed by atoms with E-state index in [9.17, 15) is 0 Å². The molecule has 3 aromatic heterocycles. The lowest BCUT2D eigenvalue weighted by atomic mass is 9.80. The average molecular weight is 710 g/mol. The Bertz CT molecular complexity index is 1530. The lowest BCUT2D eigenvalue weighted by Crippen LogP contribution is -2.12. The molecule has 0 spiro atoms. The van der Waals surface area contributed by atoms with E-state index in [0.29, 0.717) is 16.6 Å². The fourth-order valence-electron chi connectivity index (χ4n) is 5.33. The van der Waals surface area contributed by atoms with Crippen LogP contribution in [0.1, 0.15) is 143 Å². The van der Waals surface area contributed by atoms with Gasteiger partial charge in [0.2, 0.25) is 0 Å². The predicted molar refractivity (Wildman–Crippen MR) is 211 cm³/mol. The van der Waals surface area contributed by atoms with E-state index in [4.69, 9.17) is 32.9 Å². The summed E-state index contributed by atoms with van der Waals surface area (Å²) in [6, 6.07) is 11.4. The first-order chi connectivity index (χ1) is 23.6. The van der Waals surface area contributed by atoms with E-state index in [1.165, 1.54) is 70.6 Å². The van der Waals surface area contributed by atoms with Crippen LogP contribution >= 0.6 is 23.2 Å². The van der Waals surface area contributed by atoms with Gasteiger partial charge in [-0.3, -0.25) is 4.98 Å². The number of nitrogens with zero attached hydrogens (tertiary/aromatic N) is 4. The van der Waals surface area contributed by atoms with Crippen LogP contribution in [0, 0.1) is 18.8 Å². The summed E-state index contributed by atoms with van der Waals surface area (Å²) in [5.41, 5.74) is 4.07. The van der Waals surface area contributed by atoms with Crippen LogP contribution < -0.4 is 4.74 Å². The van der Waals surface area contributed by atoms with Gasteiger partial charge < -0.3 is 9.30 Å². The number of aryl methyl sites for hydroxylation is 1. The van der Waals surface area contributed by atoms with Crippen molar-refractivity contribution in [2.24, 2.45) is 11.8 Å². The number of hydrogen-bond acceptors (Lipinski definition) is 4. The Morgan fingerprint density at radius 3 is 2.14 bits per heavy atom. The molecule has 6 rings (SSSR count). The number of imidazole rings is 1. The minimum absolute atomic E-state index is 0.117. The summed E-state index contributed by atoms with van der Waals surface area (Å²) in [6.07, 6.45) is 21.2. The van der Waals surface area contributed by atoms with Gasteiger partial charge in [0.15, 0.2) is 16.9 Å². The van der Waals surface area contributed by atoms with Crippen molar-refractivity contribution in [2.45, 2.75) is 151 Å². The molecule has 5 nitrogen and oxygen atoms in total. The quantitative estimate of drug-likeness (QED) is 0.147. The van der Waals surface area contributed by atoms with Crippen molar-refractivity contribution >= 4 is 34.4 Å². The summed E-state index contributed by atoms with van der Waals surface area (Å²) < 4.78 is 8.28. The van der Waals surface area contributed by atoms with E-state index >= 15 is 0 Å². The van der Waals surface area contributed by atoms with Gasteiger partial charge in [0.05, 0.1) is 17.3 Å². The minimum atomic E-state index is -0.117. The van der Waals surface area contributed by atoms with Crippen LogP contribution in [0.2, 0.25) is 10.0 Å². The maximum atomic E-state index is 6.61. The zero-order chi connectivity index (χ0) is 35.8. The molecule has 0 amide bonds. The zero-order valence-corrected chi connectivity index (χ0v) is 33.1. The number of aromatic nitrogens is 4. The van der Waals surface area contributed by atoms with Crippen LogP contribution in [0.25, 0.3) is 22.6 Å². The maximum absolute atomic E-state index is 6.61. The van der Waals surface area contributed by atoms with Gasteiger partial charge in [-0.05, 0) is 68.4 Å². The number of halogens is 2. The van der Waals surface area contributed by atoms with Gasteiger partial charge >= 0.3 is 0 Å². The van der Waals surface area contributed by atoms with Crippen molar-refractivity contribution < 1.29 is 4.74 Å². The largest absolute Gasteiger partial charge is 0.485 e. The minimum Gasteiger partial charge on any atom is -0.485 e. The molecule has 0 radical (unpaired) electrons. The normalized spacial score (nSPS) is 15.1. The standard InChI is InChI=1S/C23H20Cl2N4O.C10H20.C5H12.C4H10/c1-14-3-4-17(18(25)11-14)21-28-20-19(30-23(2)7-8-23)6-10-27-22(20)29(21)13-16-12-15(24)5-9-26-16;1-3-9(2)7-8-10-5-4-6-10;1-3-5-4-2;1-3-4-2/h3-6,9-12H,7-8,13H2,1-2H3;9-10H,3-8H2,1-2H3;3-5H2,1-2H3;3-4H2,1-2H3. The van der Waals surface area contributed by atoms with Crippen LogP contribution in [-0.4, -0.2) is 25.1 Å². The van der Waals surface area contributed by atoms with Gasteiger partial charge in [-0.25, -0.2) is 9.97 Å². The monoisotopic (exact) mass is 708 g/mol. The first kappa shape index (κ1) is 40.8. The molecule has 1 unspecified atom stereocenters. The maximum Gasteiger partial charge on any atom is 0.164 e. The van der Waals surface area contributed by atoms with Crippen molar-refractivity contribution in [3.05, 3.63) is 70.1 Å². The topological polar surface area (TPSA) is 52.8 Å². The number of benzene rings is 1. The molecule has 2 fully saturated rings. The van der Waals surface area contributed by atoms with Crippen molar-refractivity contribution in [3.63, 3.8) is 0 Å². The first-order valence-corrected chi connectivity index (χ1v) is 19.7. The van der Waals surface area contributed by atoms with Crippen LogP contribution in [-0.2, 0) is 6.54 Å². The molecular weight excluding hydrogens is 647 g/mol. The van der Waals surface area contributed by atoms with Crippen LogP contribution in [0.4, 0.5) is 0 Å². The number of ether oxygens (including phenoxy) is 1. The van der Waals surface area contributed by atoms with E-state index in [-0.39, 0.29) is 5.60 Å². The van der Waals surface area contributed by atoms with Crippen LogP contribution in [0.5, 0.6) is 5.75 Å². The molecule has 0 bridgehead atoms. The Hall–Kier alpha value is -2.63. The molecule has 49 heavy (non-hydrogen) atoms. The van der Waals surface area contributed by atoms with Gasteiger partial charge in [-0.15, -0.1) is 0 Å². The molecule has 2 aliphatic rings. The van der Waals surface area contributed by atoms with Gasteiger partial charge in [0.25, 0.3) is 0 Å². The number of unbranched alkanes of at least 4 members (excludes halogenated alkanes) is 3. The Morgan fingerprint density at radius 1 is 0.918 bits per heavy atom. The highest BCUT2D eigenvalue weighted by Crippen LogP contribution is 2.42. The molecule has 270 valence electrons. The third-order valence-corrected chi connectivity index (χ3v) is 10.1. The van der Waals surface area contributed by atoms with Crippen molar-refractivity contribution in [3.8, 4) is 17.1 Å². The molecule has 0 saturated heterocycles. The molecule has 0 N–H and O–H groups in total. The third kappa shape index (κ3) is 13.2. The summed E-state index contributed by atoms with van der Waals surface area (Å²) in [7, 11) is 0. The van der Waals surface area contributed by atoms with E-state index in [1.807, 2.05) is 41.8 Å². The van der Waals surface area contributed by atoms with E-state index < -0.39 is 0 Å². The molecule has 0 aliphatic heterocycles. The number of pyridine rings is 2. The van der Waals surface area contributed by atoms with Gasteiger partial charge in [-0.1, -0.05) is 141 Å². The molecule has 3 heterocycles. The highest BCUT2D eigenvalue weighted by Gasteiger charge is 2.40. The smallest absolute Gasteiger partial charge is 0.164 e. The summed E-state index contributed by atoms with van der Waals surface area (Å²) >= 11 is 12.8. The number of rotatable bonds is 12. The van der Waals surface area contributed by atoms with Crippen molar-refractivity contribution in [1.29, 1.82) is 0 Å². The second-order valence-electron chi connectivity index (χ2n) is 14.2. The predicted octanol–water partition coefficient (Wildman–Crippen LogP) is 13.7. The molecule has 1 aromatic carbocycles. The lowest BCUT2D eigenvalue weighted by molar-refractivity contribution is 0.202. The van der Waals surface area contributed by atoms with Crippen LogP contribution in [0.15, 0.2) is 48.8 Å². The summed E-state index contributed by atoms with van der Waals surface area (Å²) in [5, 5.41) is 1.28. The fraction of sp³-hybridized carbons (Fsp3) is 0.595. The number of hydrogen-bond donors (Lipinski definition) is 0. The van der Waals surface area contributed by atoms with Crippen molar-refractivity contribution in [2.75, 3.05) is 0 Å². The Balaban J connectivity index is 0.000000281. The molecule has 7 heteroatoms. The second-order valence-corrected chi connectivity index (χ2v) is 15.1. The second kappa shape index (κ2) is 20.9. The lowest BCUT2D eigenvalue weighted by Gasteiger charge is -2.26. The first-order valence-electron chi connectivity index (χ1n) is 19.0. The zero-order valence-electron chi connectivity index (χ0n) is 31.6. The van der Waals surface area contributed by atoms with Gasteiger partial charge in [0, 0.05) is 29.0 Å². The molecule has 4 aromatic rings. The SMILES string of the molecule is CCC(C)CCC1CCC1.CCCC.CCCCC.Cc1ccc(-c2nc3c(OC4(C)CC4)ccnc3n2Cc2cc(Cl)ccn2)c(Cl)c1. The summed E-state index contributed by atoms with van der Waals surface area (Å²) in [6.45, 7) is 18.0. The van der Waals surface area contributed by atoms with Gasteiger partial charge in [0.1, 0.15) is 11.4 Å². The fourth-order valence-corrected chi connectivity index (χ4v) is 5.84. The van der Waals surface area contributed by atoms with E-state index in [0.717, 1.165) is 64.2 Å². The molecule has 2 aliphatic carbocycles. The highest BCUT2D eigenvalue weighted by atomic mass is 35.5. The molecular formula is C42H62Cl2N4O. The van der Waals surface area contributed by atoms with Crippen LogP contribution in [0.3, 0.4) is 0 Å².